The summed E-state index contributed by atoms with van der Waals surface area (Å²) in [7, 11) is 1.78. The van der Waals surface area contributed by atoms with E-state index < -0.39 is 0 Å². The van der Waals surface area contributed by atoms with E-state index in [1.165, 1.54) is 5.56 Å². The van der Waals surface area contributed by atoms with E-state index in [4.69, 9.17) is 11.6 Å². The zero-order valence-corrected chi connectivity index (χ0v) is 11.0. The van der Waals surface area contributed by atoms with Crippen molar-refractivity contribution in [3.63, 3.8) is 0 Å². The van der Waals surface area contributed by atoms with Crippen LogP contribution in [0.2, 0.25) is 5.02 Å². The quantitative estimate of drug-likeness (QED) is 0.876. The molecule has 6 heteroatoms. The summed E-state index contributed by atoms with van der Waals surface area (Å²) in [6.07, 6.45) is 2.55. The molecule has 0 saturated heterocycles. The van der Waals surface area contributed by atoms with Crippen molar-refractivity contribution in [1.29, 1.82) is 0 Å². The van der Waals surface area contributed by atoms with Crippen LogP contribution in [0.15, 0.2) is 23.0 Å². The molecule has 0 saturated carbocycles. The number of rotatable bonds is 5. The molecule has 90 valence electrons. The third kappa shape index (κ3) is 3.31. The Balaban J connectivity index is 1.94. The third-order valence-corrected chi connectivity index (χ3v) is 3.26. The van der Waals surface area contributed by atoms with Crippen molar-refractivity contribution in [2.45, 2.75) is 6.42 Å². The smallest absolute Gasteiger partial charge is 0.224 e. The molecular weight excluding hydrogens is 256 g/mol. The fraction of sp³-hybridized carbons (Fsp3) is 0.273. The fourth-order valence-electron chi connectivity index (χ4n) is 1.37. The van der Waals surface area contributed by atoms with E-state index in [0.29, 0.717) is 16.8 Å². The molecular formula is C11H13ClN4S. The Hall–Kier alpha value is -1.33. The van der Waals surface area contributed by atoms with E-state index in [2.05, 4.69) is 37.4 Å². The van der Waals surface area contributed by atoms with Gasteiger partial charge in [0.1, 0.15) is 10.8 Å². The molecule has 2 aromatic heterocycles. The summed E-state index contributed by atoms with van der Waals surface area (Å²) in [5.41, 5.74) is 1.32. The van der Waals surface area contributed by atoms with Gasteiger partial charge in [-0.1, -0.05) is 11.6 Å². The topological polar surface area (TPSA) is 49.8 Å². The Morgan fingerprint density at radius 2 is 2.35 bits per heavy atom. The van der Waals surface area contributed by atoms with Crippen LogP contribution in [0.5, 0.6) is 0 Å². The van der Waals surface area contributed by atoms with Gasteiger partial charge in [0.15, 0.2) is 0 Å². The summed E-state index contributed by atoms with van der Waals surface area (Å²) in [5.74, 6) is 1.23. The highest BCUT2D eigenvalue weighted by atomic mass is 35.5. The van der Waals surface area contributed by atoms with Crippen molar-refractivity contribution < 1.29 is 0 Å². The lowest BCUT2D eigenvalue weighted by atomic mass is 10.2. The highest BCUT2D eigenvalue weighted by molar-refractivity contribution is 7.07. The summed E-state index contributed by atoms with van der Waals surface area (Å²) >= 11 is 7.71. The molecule has 2 aromatic rings. The minimum Gasteiger partial charge on any atom is -0.368 e. The highest BCUT2D eigenvalue weighted by Crippen LogP contribution is 2.19. The van der Waals surface area contributed by atoms with Gasteiger partial charge in [0.05, 0.1) is 6.20 Å². The number of nitrogens with zero attached hydrogens (tertiary/aromatic N) is 2. The normalized spacial score (nSPS) is 10.2. The van der Waals surface area contributed by atoms with Crippen molar-refractivity contribution in [1.82, 2.24) is 9.97 Å². The molecule has 0 spiro atoms. The molecule has 2 N–H and O–H groups in total. The van der Waals surface area contributed by atoms with Gasteiger partial charge >= 0.3 is 0 Å². The lowest BCUT2D eigenvalue weighted by Gasteiger charge is -2.07. The molecule has 17 heavy (non-hydrogen) atoms. The third-order valence-electron chi connectivity index (χ3n) is 2.25. The molecule has 4 nitrogen and oxygen atoms in total. The molecule has 0 radical (unpaired) electrons. The van der Waals surface area contributed by atoms with Gasteiger partial charge < -0.3 is 10.6 Å². The van der Waals surface area contributed by atoms with Crippen molar-refractivity contribution in [2.24, 2.45) is 0 Å². The second-order valence-corrected chi connectivity index (χ2v) is 4.64. The lowest BCUT2D eigenvalue weighted by molar-refractivity contribution is 1.01. The summed E-state index contributed by atoms with van der Waals surface area (Å²) in [6.45, 7) is 0.802. The number of hydrogen-bond acceptors (Lipinski definition) is 5. The second kappa shape index (κ2) is 5.84. The van der Waals surface area contributed by atoms with Crippen LogP contribution in [-0.4, -0.2) is 23.6 Å². The number of halogens is 1. The average molecular weight is 269 g/mol. The van der Waals surface area contributed by atoms with E-state index in [0.717, 1.165) is 13.0 Å². The van der Waals surface area contributed by atoms with Crippen LogP contribution in [0.25, 0.3) is 0 Å². The van der Waals surface area contributed by atoms with Crippen LogP contribution in [0.1, 0.15) is 5.56 Å². The maximum absolute atomic E-state index is 6.00. The number of aromatic nitrogens is 2. The van der Waals surface area contributed by atoms with Gasteiger partial charge in [-0.2, -0.15) is 16.3 Å². The predicted octanol–water partition coefficient (Wildman–Crippen LogP) is 2.89. The van der Waals surface area contributed by atoms with Gasteiger partial charge in [0, 0.05) is 13.6 Å². The van der Waals surface area contributed by atoms with Crippen LogP contribution in [-0.2, 0) is 6.42 Å². The van der Waals surface area contributed by atoms with E-state index in [1.807, 2.05) is 0 Å². The van der Waals surface area contributed by atoms with E-state index >= 15 is 0 Å². The fourth-order valence-corrected chi connectivity index (χ4v) is 2.23. The first-order valence-electron chi connectivity index (χ1n) is 5.25. The van der Waals surface area contributed by atoms with Crippen molar-refractivity contribution in [3.05, 3.63) is 33.6 Å². The highest BCUT2D eigenvalue weighted by Gasteiger charge is 2.03. The van der Waals surface area contributed by atoms with Crippen molar-refractivity contribution >= 4 is 34.7 Å². The summed E-state index contributed by atoms with van der Waals surface area (Å²) in [5, 5.41) is 10.8. The number of thiophene rings is 1. The zero-order chi connectivity index (χ0) is 12.1. The molecule has 0 amide bonds. The first kappa shape index (κ1) is 12.1. The van der Waals surface area contributed by atoms with Crippen LogP contribution in [0.3, 0.4) is 0 Å². The Bertz CT molecular complexity index is 472. The summed E-state index contributed by atoms with van der Waals surface area (Å²) < 4.78 is 0. The average Bonchev–Trinajstić information content (AvgIpc) is 2.84. The molecule has 0 aliphatic carbocycles. The molecule has 0 aliphatic rings. The van der Waals surface area contributed by atoms with Gasteiger partial charge in [0.2, 0.25) is 5.95 Å². The summed E-state index contributed by atoms with van der Waals surface area (Å²) in [4.78, 5) is 8.27. The number of nitrogens with one attached hydrogen (secondary N) is 2. The van der Waals surface area contributed by atoms with Gasteiger partial charge in [-0.25, -0.2) is 4.98 Å². The van der Waals surface area contributed by atoms with Crippen molar-refractivity contribution in [3.8, 4) is 0 Å². The van der Waals surface area contributed by atoms with Crippen LogP contribution in [0, 0.1) is 0 Å². The van der Waals surface area contributed by atoms with Gasteiger partial charge in [0.25, 0.3) is 0 Å². The second-order valence-electron chi connectivity index (χ2n) is 3.45. The Morgan fingerprint density at radius 3 is 3.06 bits per heavy atom. The first-order valence-corrected chi connectivity index (χ1v) is 6.57. The van der Waals surface area contributed by atoms with E-state index in [1.54, 1.807) is 24.6 Å². The molecule has 0 atom stereocenters. The first-order chi connectivity index (χ1) is 8.29. The van der Waals surface area contributed by atoms with Crippen molar-refractivity contribution in [2.75, 3.05) is 24.2 Å². The Labute approximate surface area is 109 Å². The molecule has 0 unspecified atom stereocenters. The SMILES string of the molecule is CNc1ncc(Cl)c(NCCc2ccsc2)n1. The minimum absolute atomic E-state index is 0.536. The zero-order valence-electron chi connectivity index (χ0n) is 9.40. The molecule has 2 heterocycles. The van der Waals surface area contributed by atoms with Gasteiger partial charge in [-0.05, 0) is 28.8 Å². The molecule has 0 bridgehead atoms. The van der Waals surface area contributed by atoms with Crippen LogP contribution >= 0.6 is 22.9 Å². The van der Waals surface area contributed by atoms with E-state index in [-0.39, 0.29) is 0 Å². The molecule has 0 aromatic carbocycles. The van der Waals surface area contributed by atoms with Gasteiger partial charge in [-0.3, -0.25) is 0 Å². The largest absolute Gasteiger partial charge is 0.368 e. The number of hydrogen-bond donors (Lipinski definition) is 2. The summed E-state index contributed by atoms with van der Waals surface area (Å²) in [6, 6.07) is 2.12. The molecule has 0 aliphatic heterocycles. The Morgan fingerprint density at radius 1 is 1.47 bits per heavy atom. The van der Waals surface area contributed by atoms with E-state index in [9.17, 15) is 0 Å². The maximum Gasteiger partial charge on any atom is 0.224 e. The van der Waals surface area contributed by atoms with Gasteiger partial charge in [-0.15, -0.1) is 0 Å². The predicted molar refractivity (Wildman–Crippen MR) is 73.1 cm³/mol. The molecule has 2 rings (SSSR count). The minimum atomic E-state index is 0.536. The Kier molecular flexibility index (Phi) is 4.17. The number of anilines is 2. The lowest BCUT2D eigenvalue weighted by Crippen LogP contribution is -2.08. The standard InChI is InChI=1S/C11H13ClN4S/c1-13-11-15-6-9(12)10(16-11)14-4-2-8-3-5-17-7-8/h3,5-7H,2,4H2,1H3,(H2,13,14,15,16). The maximum atomic E-state index is 6.00. The molecule has 0 fully saturated rings. The van der Waals surface area contributed by atoms with Crippen LogP contribution in [0.4, 0.5) is 11.8 Å². The van der Waals surface area contributed by atoms with Crippen LogP contribution < -0.4 is 10.6 Å². The monoisotopic (exact) mass is 268 g/mol.